The van der Waals surface area contributed by atoms with E-state index in [4.69, 9.17) is 37.0 Å². The number of hydrogen-bond donors (Lipinski definition) is 3. The van der Waals surface area contributed by atoms with E-state index in [2.05, 4.69) is 58.9 Å². The lowest BCUT2D eigenvalue weighted by molar-refractivity contribution is -0.161. The molecule has 482 valence electrons. The molecule has 0 spiro atoms. The maximum Gasteiger partial charge on any atom is 0.472 e. The first-order valence-electron chi connectivity index (χ1n) is 32.5. The van der Waals surface area contributed by atoms with E-state index >= 15 is 0 Å². The molecule has 0 aromatic carbocycles. The molecule has 0 radical (unpaired) electrons. The fourth-order valence-electron chi connectivity index (χ4n) is 8.87. The van der Waals surface area contributed by atoms with Gasteiger partial charge in [0.15, 0.2) is 12.2 Å². The number of rotatable bonds is 61. The van der Waals surface area contributed by atoms with Crippen molar-refractivity contribution in [2.24, 2.45) is 5.92 Å². The minimum atomic E-state index is -4.95. The van der Waals surface area contributed by atoms with Gasteiger partial charge in [0.25, 0.3) is 0 Å². The van der Waals surface area contributed by atoms with Gasteiger partial charge in [0.1, 0.15) is 19.3 Å². The maximum absolute atomic E-state index is 13.0. The van der Waals surface area contributed by atoms with Gasteiger partial charge >= 0.3 is 39.5 Å². The van der Waals surface area contributed by atoms with Crippen molar-refractivity contribution in [2.45, 2.75) is 310 Å². The Bertz CT molecular complexity index is 1690. The lowest BCUT2D eigenvalue weighted by Gasteiger charge is -2.21. The van der Waals surface area contributed by atoms with E-state index < -0.39 is 97.5 Å². The van der Waals surface area contributed by atoms with Crippen LogP contribution in [0.4, 0.5) is 0 Å². The number of esters is 4. The van der Waals surface area contributed by atoms with Crippen molar-refractivity contribution in [3.63, 3.8) is 0 Å². The number of ether oxygens (including phenoxy) is 4. The third-order valence-corrected chi connectivity index (χ3v) is 15.8. The summed E-state index contributed by atoms with van der Waals surface area (Å²) in [5.74, 6) is -1.40. The lowest BCUT2D eigenvalue weighted by Crippen LogP contribution is -2.30. The molecule has 0 aromatic rings. The Morgan fingerprint density at radius 1 is 0.378 bits per heavy atom. The highest BCUT2D eigenvalue weighted by atomic mass is 31.2. The fourth-order valence-corrected chi connectivity index (χ4v) is 10.4. The molecular weight excluding hydrogens is 1090 g/mol. The summed E-state index contributed by atoms with van der Waals surface area (Å²) in [6, 6.07) is 0. The van der Waals surface area contributed by atoms with Crippen molar-refractivity contribution in [1.82, 2.24) is 0 Å². The molecule has 5 atom stereocenters. The molecule has 0 aromatic heterocycles. The summed E-state index contributed by atoms with van der Waals surface area (Å²) >= 11 is 0. The van der Waals surface area contributed by atoms with Crippen LogP contribution in [-0.4, -0.2) is 96.7 Å². The van der Waals surface area contributed by atoms with Crippen LogP contribution in [0.3, 0.4) is 0 Å². The summed E-state index contributed by atoms with van der Waals surface area (Å²) in [4.78, 5) is 71.8. The second kappa shape index (κ2) is 56.4. The van der Waals surface area contributed by atoms with Crippen LogP contribution < -0.4 is 0 Å². The highest BCUT2D eigenvalue weighted by Gasteiger charge is 2.30. The molecule has 0 saturated heterocycles. The van der Waals surface area contributed by atoms with Gasteiger partial charge in [-0.15, -0.1) is 0 Å². The van der Waals surface area contributed by atoms with Crippen molar-refractivity contribution in [2.75, 3.05) is 39.6 Å². The van der Waals surface area contributed by atoms with Crippen molar-refractivity contribution < 1.29 is 80.2 Å². The van der Waals surface area contributed by atoms with Gasteiger partial charge in [0, 0.05) is 25.7 Å². The van der Waals surface area contributed by atoms with Crippen LogP contribution in [0.15, 0.2) is 24.3 Å². The standard InChI is InChI=1S/C63H118O17P2/c1-6-9-12-15-17-18-19-20-21-22-27-30-34-39-44-49-63(68)80-59(53-74-61(66)47-42-37-33-29-26-24-23-25-28-32-36-40-45-56(4)5)55-78-82(71,72)76-51-57(64)50-75-81(69,70)77-54-58(52-73-60(65)46-41-35-14-11-8-3)79-62(67)48-43-38-31-16-13-10-7-2/h18-21,56-59,64H,6-17,22-55H2,1-5H3,(H,69,70)(H,71,72)/b19-18-,21-20-/t57-,58+,59+/m0/s1. The van der Waals surface area contributed by atoms with E-state index in [1.807, 2.05) is 0 Å². The first-order valence-corrected chi connectivity index (χ1v) is 35.4. The summed E-state index contributed by atoms with van der Waals surface area (Å²) in [7, 11) is -9.88. The summed E-state index contributed by atoms with van der Waals surface area (Å²) in [5, 5.41) is 10.5. The number of phosphoric acid groups is 2. The highest BCUT2D eigenvalue weighted by molar-refractivity contribution is 7.47. The van der Waals surface area contributed by atoms with Crippen molar-refractivity contribution in [3.05, 3.63) is 24.3 Å². The third kappa shape index (κ3) is 56.7. The monoisotopic (exact) mass is 1210 g/mol. The first kappa shape index (κ1) is 79.5. The van der Waals surface area contributed by atoms with E-state index in [9.17, 15) is 43.2 Å². The van der Waals surface area contributed by atoms with E-state index in [1.165, 1.54) is 83.5 Å². The predicted octanol–water partition coefficient (Wildman–Crippen LogP) is 17.0. The second-order valence-electron chi connectivity index (χ2n) is 22.6. The molecule has 0 fully saturated rings. The molecule has 0 aliphatic carbocycles. The van der Waals surface area contributed by atoms with Crippen LogP contribution in [0, 0.1) is 5.92 Å². The summed E-state index contributed by atoms with van der Waals surface area (Å²) in [6.07, 6.45) is 43.0. The van der Waals surface area contributed by atoms with Crippen LogP contribution in [0.2, 0.25) is 0 Å². The predicted molar refractivity (Wildman–Crippen MR) is 326 cm³/mol. The smallest absolute Gasteiger partial charge is 0.462 e. The van der Waals surface area contributed by atoms with E-state index in [0.717, 1.165) is 128 Å². The summed E-state index contributed by atoms with van der Waals surface area (Å²) < 4.78 is 67.6. The maximum atomic E-state index is 13.0. The average molecular weight is 1210 g/mol. The molecular formula is C63H118O17P2. The van der Waals surface area contributed by atoms with Crippen LogP contribution in [-0.2, 0) is 65.4 Å². The molecule has 0 bridgehead atoms. The Labute approximate surface area is 497 Å². The quantitative estimate of drug-likeness (QED) is 0.0169. The molecule has 82 heavy (non-hydrogen) atoms. The molecule has 17 nitrogen and oxygen atoms in total. The fraction of sp³-hybridized carbons (Fsp3) is 0.873. The van der Waals surface area contributed by atoms with Crippen LogP contribution in [0.1, 0.15) is 291 Å². The molecule has 2 unspecified atom stereocenters. The van der Waals surface area contributed by atoms with E-state index in [-0.39, 0.29) is 25.7 Å². The number of hydrogen-bond acceptors (Lipinski definition) is 15. The molecule has 0 aliphatic heterocycles. The van der Waals surface area contributed by atoms with Gasteiger partial charge in [-0.25, -0.2) is 9.13 Å². The lowest BCUT2D eigenvalue weighted by atomic mass is 10.0. The minimum absolute atomic E-state index is 0.0849. The van der Waals surface area contributed by atoms with Gasteiger partial charge in [0.2, 0.25) is 0 Å². The average Bonchev–Trinajstić information content (AvgIpc) is 3.48. The molecule has 19 heteroatoms. The number of phosphoric ester groups is 2. The van der Waals surface area contributed by atoms with Gasteiger partial charge in [-0.1, -0.05) is 239 Å². The Hall–Kier alpha value is -2.46. The van der Waals surface area contributed by atoms with Gasteiger partial charge < -0.3 is 33.8 Å². The largest absolute Gasteiger partial charge is 0.472 e. The number of allylic oxidation sites excluding steroid dienone is 4. The number of aliphatic hydroxyl groups excluding tert-OH is 1. The number of carbonyl (C=O) groups excluding carboxylic acids is 4. The second-order valence-corrected chi connectivity index (χ2v) is 25.5. The Balaban J connectivity index is 5.19. The van der Waals surface area contributed by atoms with Crippen molar-refractivity contribution in [3.8, 4) is 0 Å². The van der Waals surface area contributed by atoms with Gasteiger partial charge in [-0.3, -0.25) is 37.3 Å². The van der Waals surface area contributed by atoms with Crippen molar-refractivity contribution >= 4 is 39.5 Å². The summed E-state index contributed by atoms with van der Waals surface area (Å²) in [5.41, 5.74) is 0. The van der Waals surface area contributed by atoms with Gasteiger partial charge in [0.05, 0.1) is 26.4 Å². The zero-order valence-corrected chi connectivity index (χ0v) is 53.9. The molecule has 0 amide bonds. The Morgan fingerprint density at radius 2 is 0.659 bits per heavy atom. The zero-order chi connectivity index (χ0) is 60.6. The molecule has 0 rings (SSSR count). The topological polar surface area (TPSA) is 237 Å². The number of aliphatic hydroxyl groups is 1. The normalized spacial score (nSPS) is 14.5. The van der Waals surface area contributed by atoms with Gasteiger partial charge in [-0.05, 0) is 57.3 Å². The zero-order valence-electron chi connectivity index (χ0n) is 52.1. The van der Waals surface area contributed by atoms with Crippen LogP contribution in [0.25, 0.3) is 0 Å². The molecule has 0 heterocycles. The highest BCUT2D eigenvalue weighted by Crippen LogP contribution is 2.45. The molecule has 0 aliphatic rings. The third-order valence-electron chi connectivity index (χ3n) is 13.9. The number of carbonyl (C=O) groups is 4. The Kier molecular flexibility index (Phi) is 54.7. The van der Waals surface area contributed by atoms with Crippen LogP contribution >= 0.6 is 15.6 Å². The molecule has 3 N–H and O–H groups in total. The van der Waals surface area contributed by atoms with E-state index in [1.54, 1.807) is 0 Å². The number of unbranched alkanes of at least 4 members (excludes halogenated alkanes) is 30. The minimum Gasteiger partial charge on any atom is -0.462 e. The van der Waals surface area contributed by atoms with Crippen molar-refractivity contribution in [1.29, 1.82) is 0 Å². The summed E-state index contributed by atoms with van der Waals surface area (Å²) in [6.45, 7) is 7.00. The SMILES string of the molecule is CCCCCC/C=C\C=C/CCCCCCCC(=O)O[C@H](COC(=O)CCCCCCCCCCCCCCC(C)C)COP(=O)(O)OC[C@@H](O)COP(=O)(O)OC[C@@H](COC(=O)CCCCCCC)OC(=O)CCCCCCCCC. The van der Waals surface area contributed by atoms with Gasteiger partial charge in [-0.2, -0.15) is 0 Å². The Morgan fingerprint density at radius 3 is 1.00 bits per heavy atom. The van der Waals surface area contributed by atoms with E-state index in [0.29, 0.717) is 25.7 Å². The van der Waals surface area contributed by atoms with Crippen LogP contribution in [0.5, 0.6) is 0 Å². The first-order chi connectivity index (χ1) is 39.5. The molecule has 0 saturated carbocycles.